The van der Waals surface area contributed by atoms with Gasteiger partial charge < -0.3 is 14.9 Å². The maximum Gasteiger partial charge on any atom is 0.394 e. The first-order valence-corrected chi connectivity index (χ1v) is 4.39. The van der Waals surface area contributed by atoms with Crippen LogP contribution in [0.15, 0.2) is 21.0 Å². The van der Waals surface area contributed by atoms with Crippen LogP contribution in [0, 0.1) is 0 Å². The van der Waals surface area contributed by atoms with Crippen LogP contribution in [-0.4, -0.2) is 12.1 Å². The smallest absolute Gasteiger partial charge is 0.394 e. The molecule has 2 aromatic rings. The Bertz CT molecular complexity index is 453. The molecule has 13 heavy (non-hydrogen) atoms. The summed E-state index contributed by atoms with van der Waals surface area (Å²) in [4.78, 5) is 4.05. The molecule has 0 fully saturated rings. The highest BCUT2D eigenvalue weighted by Gasteiger charge is 2.09. The third-order valence-corrected chi connectivity index (χ3v) is 2.10. The maximum absolute atomic E-state index is 5.71. The van der Waals surface area contributed by atoms with E-state index in [1.165, 1.54) is 7.11 Å². The van der Waals surface area contributed by atoms with E-state index >= 15 is 0 Å². The number of anilines is 1. The largest absolute Gasteiger partial charge is 0.453 e. The molecular weight excluding hydrogens is 236 g/mol. The summed E-state index contributed by atoms with van der Waals surface area (Å²) >= 11 is 3.31. The second kappa shape index (κ2) is 2.92. The van der Waals surface area contributed by atoms with Crippen molar-refractivity contribution in [3.63, 3.8) is 0 Å². The molecule has 0 amide bonds. The summed E-state index contributed by atoms with van der Waals surface area (Å²) in [5.41, 5.74) is 7.49. The van der Waals surface area contributed by atoms with Crippen LogP contribution in [0.2, 0.25) is 0 Å². The third-order valence-electron chi connectivity index (χ3n) is 1.64. The minimum absolute atomic E-state index is 0.222. The van der Waals surface area contributed by atoms with Crippen molar-refractivity contribution in [2.45, 2.75) is 0 Å². The number of rotatable bonds is 1. The molecule has 4 nitrogen and oxygen atoms in total. The Kier molecular flexibility index (Phi) is 1.88. The van der Waals surface area contributed by atoms with Crippen LogP contribution in [-0.2, 0) is 0 Å². The van der Waals surface area contributed by atoms with Gasteiger partial charge in [0.15, 0.2) is 5.58 Å². The second-order valence-electron chi connectivity index (χ2n) is 2.53. The van der Waals surface area contributed by atoms with Gasteiger partial charge >= 0.3 is 6.08 Å². The van der Waals surface area contributed by atoms with E-state index in [1.54, 1.807) is 6.07 Å². The molecule has 1 heterocycles. The average Bonchev–Trinajstić information content (AvgIpc) is 2.47. The van der Waals surface area contributed by atoms with Crippen molar-refractivity contribution in [2.75, 3.05) is 12.8 Å². The van der Waals surface area contributed by atoms with Gasteiger partial charge in [-0.15, -0.1) is 0 Å². The summed E-state index contributed by atoms with van der Waals surface area (Å²) < 4.78 is 10.9. The minimum Gasteiger partial charge on any atom is -0.453 e. The second-order valence-corrected chi connectivity index (χ2v) is 3.44. The van der Waals surface area contributed by atoms with Crippen molar-refractivity contribution in [2.24, 2.45) is 0 Å². The number of nitrogen functional groups attached to an aromatic ring is 1. The van der Waals surface area contributed by atoms with Gasteiger partial charge in [0.1, 0.15) is 5.52 Å². The summed E-state index contributed by atoms with van der Waals surface area (Å²) in [5.74, 6) is 0. The molecule has 0 unspecified atom stereocenters. The summed E-state index contributed by atoms with van der Waals surface area (Å²) in [5, 5.41) is 0. The van der Waals surface area contributed by atoms with E-state index in [0.29, 0.717) is 16.8 Å². The zero-order valence-corrected chi connectivity index (χ0v) is 8.46. The molecule has 0 atom stereocenters. The number of hydrogen-bond acceptors (Lipinski definition) is 4. The topological polar surface area (TPSA) is 61.3 Å². The zero-order valence-electron chi connectivity index (χ0n) is 6.87. The van der Waals surface area contributed by atoms with Crippen molar-refractivity contribution in [3.8, 4) is 6.08 Å². The van der Waals surface area contributed by atoms with E-state index in [1.807, 2.05) is 6.07 Å². The number of ether oxygens (including phenoxy) is 1. The molecule has 0 aliphatic carbocycles. The number of benzene rings is 1. The summed E-state index contributed by atoms with van der Waals surface area (Å²) in [6, 6.07) is 3.57. The monoisotopic (exact) mass is 242 g/mol. The number of oxazole rings is 1. The Balaban J connectivity index is 2.75. The molecule has 2 rings (SSSR count). The quantitative estimate of drug-likeness (QED) is 0.779. The van der Waals surface area contributed by atoms with Crippen LogP contribution >= 0.6 is 15.9 Å². The minimum atomic E-state index is 0.222. The maximum atomic E-state index is 5.71. The summed E-state index contributed by atoms with van der Waals surface area (Å²) in [6.07, 6.45) is 0.222. The van der Waals surface area contributed by atoms with Gasteiger partial charge in [0, 0.05) is 4.47 Å². The first-order chi connectivity index (χ1) is 6.20. The molecule has 0 spiro atoms. The molecular formula is C8H7BrN2O2. The lowest BCUT2D eigenvalue weighted by atomic mass is 10.3. The van der Waals surface area contributed by atoms with Crippen LogP contribution in [0.5, 0.6) is 6.08 Å². The molecule has 1 aromatic carbocycles. The van der Waals surface area contributed by atoms with Crippen molar-refractivity contribution >= 4 is 32.7 Å². The van der Waals surface area contributed by atoms with Crippen molar-refractivity contribution in [1.82, 2.24) is 4.98 Å². The molecule has 0 aliphatic rings. The SMILES string of the molecule is COc1nc2cc(Br)cc(N)c2o1. The van der Waals surface area contributed by atoms with Crippen LogP contribution in [0.4, 0.5) is 5.69 Å². The zero-order chi connectivity index (χ0) is 9.42. The lowest BCUT2D eigenvalue weighted by molar-refractivity contribution is 0.300. The van der Waals surface area contributed by atoms with Crippen LogP contribution in [0.3, 0.4) is 0 Å². The van der Waals surface area contributed by atoms with Gasteiger partial charge in [0.25, 0.3) is 0 Å². The van der Waals surface area contributed by atoms with Gasteiger partial charge in [0.2, 0.25) is 0 Å². The predicted molar refractivity (Wildman–Crippen MR) is 52.7 cm³/mol. The molecule has 0 aliphatic heterocycles. The number of aromatic nitrogens is 1. The van der Waals surface area contributed by atoms with Gasteiger partial charge in [0.05, 0.1) is 12.8 Å². The van der Waals surface area contributed by atoms with Gasteiger partial charge in [-0.25, -0.2) is 0 Å². The Morgan fingerprint density at radius 3 is 3.00 bits per heavy atom. The lowest BCUT2D eigenvalue weighted by Crippen LogP contribution is -1.84. The Morgan fingerprint density at radius 2 is 2.31 bits per heavy atom. The first kappa shape index (κ1) is 8.37. The van der Waals surface area contributed by atoms with E-state index in [2.05, 4.69) is 20.9 Å². The van der Waals surface area contributed by atoms with Crippen LogP contribution in [0.1, 0.15) is 0 Å². The number of nitrogens with two attached hydrogens (primary N) is 1. The fourth-order valence-corrected chi connectivity index (χ4v) is 1.55. The summed E-state index contributed by atoms with van der Waals surface area (Å²) in [6.45, 7) is 0. The van der Waals surface area contributed by atoms with E-state index in [4.69, 9.17) is 14.9 Å². The molecule has 5 heteroatoms. The number of methoxy groups -OCH3 is 1. The fourth-order valence-electron chi connectivity index (χ4n) is 1.09. The Morgan fingerprint density at radius 1 is 1.54 bits per heavy atom. The van der Waals surface area contributed by atoms with Gasteiger partial charge in [-0.1, -0.05) is 15.9 Å². The molecule has 1 aromatic heterocycles. The molecule has 0 saturated heterocycles. The van der Waals surface area contributed by atoms with Crippen molar-refractivity contribution in [3.05, 3.63) is 16.6 Å². The van der Waals surface area contributed by atoms with Gasteiger partial charge in [-0.05, 0) is 12.1 Å². The van der Waals surface area contributed by atoms with E-state index in [-0.39, 0.29) is 6.08 Å². The molecule has 2 N–H and O–H groups in total. The van der Waals surface area contributed by atoms with Crippen molar-refractivity contribution in [1.29, 1.82) is 0 Å². The van der Waals surface area contributed by atoms with E-state index in [9.17, 15) is 0 Å². The first-order valence-electron chi connectivity index (χ1n) is 3.60. The highest BCUT2D eigenvalue weighted by Crippen LogP contribution is 2.28. The molecule has 0 bridgehead atoms. The summed E-state index contributed by atoms with van der Waals surface area (Å²) in [7, 11) is 1.50. The molecule has 68 valence electrons. The average molecular weight is 243 g/mol. The number of hydrogen-bond donors (Lipinski definition) is 1. The lowest BCUT2D eigenvalue weighted by Gasteiger charge is -1.93. The van der Waals surface area contributed by atoms with Gasteiger partial charge in [-0.3, -0.25) is 0 Å². The van der Waals surface area contributed by atoms with E-state index in [0.717, 1.165) is 4.47 Å². The fraction of sp³-hybridized carbons (Fsp3) is 0.125. The Labute approximate surface area is 82.8 Å². The van der Waals surface area contributed by atoms with Crippen LogP contribution in [0.25, 0.3) is 11.1 Å². The van der Waals surface area contributed by atoms with Gasteiger partial charge in [-0.2, -0.15) is 4.98 Å². The van der Waals surface area contributed by atoms with Crippen molar-refractivity contribution < 1.29 is 9.15 Å². The molecule has 0 radical (unpaired) electrons. The Hall–Kier alpha value is -1.23. The normalized spacial score (nSPS) is 10.6. The molecule has 0 saturated carbocycles. The highest BCUT2D eigenvalue weighted by molar-refractivity contribution is 9.10. The predicted octanol–water partition coefficient (Wildman–Crippen LogP) is 2.18. The standard InChI is InChI=1S/C8H7BrN2O2/c1-12-8-11-6-3-4(9)2-5(10)7(6)13-8/h2-3H,10H2,1H3. The van der Waals surface area contributed by atoms with Crippen LogP contribution < -0.4 is 10.5 Å². The van der Waals surface area contributed by atoms with E-state index < -0.39 is 0 Å². The number of fused-ring (bicyclic) bond motifs is 1. The highest BCUT2D eigenvalue weighted by atomic mass is 79.9. The third kappa shape index (κ3) is 1.35. The number of halogens is 1. The number of nitrogens with zero attached hydrogens (tertiary/aromatic N) is 1.